The molecular formula is C13H12BrN3O2S. The molecule has 7 heteroatoms. The van der Waals surface area contributed by atoms with Gasteiger partial charge < -0.3 is 5.32 Å². The number of likely N-dealkylation sites (N-methyl/N-ethyl adjacent to an activating group) is 1. The number of halogens is 1. The number of fused-ring (bicyclic) bond motifs is 1. The number of hydrogen-bond donors (Lipinski definition) is 1. The average Bonchev–Trinajstić information content (AvgIpc) is 2.81. The van der Waals surface area contributed by atoms with E-state index in [1.54, 1.807) is 0 Å². The van der Waals surface area contributed by atoms with Crippen LogP contribution < -0.4 is 5.32 Å². The minimum absolute atomic E-state index is 0.124. The van der Waals surface area contributed by atoms with Crippen molar-refractivity contribution in [2.75, 3.05) is 12.4 Å². The van der Waals surface area contributed by atoms with Gasteiger partial charge in [-0.2, -0.15) is 0 Å². The molecule has 2 heterocycles. The molecule has 5 nitrogen and oxygen atoms in total. The van der Waals surface area contributed by atoms with Gasteiger partial charge in [0.15, 0.2) is 5.13 Å². The van der Waals surface area contributed by atoms with Crippen molar-refractivity contribution in [3.05, 3.63) is 22.7 Å². The van der Waals surface area contributed by atoms with Crippen molar-refractivity contribution in [3.63, 3.8) is 0 Å². The third-order valence-corrected chi connectivity index (χ3v) is 4.76. The first kappa shape index (κ1) is 13.5. The molecule has 0 radical (unpaired) electrons. The number of hydrogen-bond acceptors (Lipinski definition) is 5. The first-order valence-corrected chi connectivity index (χ1v) is 7.78. The highest BCUT2D eigenvalue weighted by molar-refractivity contribution is 9.10. The van der Waals surface area contributed by atoms with Gasteiger partial charge in [0, 0.05) is 17.9 Å². The van der Waals surface area contributed by atoms with Gasteiger partial charge in [-0.25, -0.2) is 4.98 Å². The molecule has 1 N–H and O–H groups in total. The summed E-state index contributed by atoms with van der Waals surface area (Å²) in [4.78, 5) is 29.1. The maximum absolute atomic E-state index is 12.0. The van der Waals surface area contributed by atoms with Gasteiger partial charge in [-0.3, -0.25) is 14.5 Å². The number of nitrogens with one attached hydrogen (secondary N) is 1. The van der Waals surface area contributed by atoms with Gasteiger partial charge in [0.05, 0.1) is 10.2 Å². The minimum Gasteiger partial charge on any atom is -0.350 e. The number of carbonyl (C=O) groups excluding carboxylic acids is 2. The van der Waals surface area contributed by atoms with Crippen molar-refractivity contribution in [1.82, 2.24) is 9.88 Å². The van der Waals surface area contributed by atoms with E-state index in [1.165, 1.54) is 23.3 Å². The number of nitrogens with zero attached hydrogens (tertiary/aromatic N) is 2. The number of carbonyl (C=O) groups is 2. The predicted molar refractivity (Wildman–Crippen MR) is 81.7 cm³/mol. The van der Waals surface area contributed by atoms with Crippen LogP contribution in [-0.2, 0) is 9.59 Å². The SMILES string of the molecule is CN1C(=O)CCC(Nc2nc3cc(Br)ccc3s2)C1=O. The molecule has 1 aromatic heterocycles. The summed E-state index contributed by atoms with van der Waals surface area (Å²) in [6.45, 7) is 0. The second kappa shape index (κ2) is 5.14. The van der Waals surface area contributed by atoms with Crippen molar-refractivity contribution in [3.8, 4) is 0 Å². The smallest absolute Gasteiger partial charge is 0.251 e. The van der Waals surface area contributed by atoms with Crippen molar-refractivity contribution in [2.24, 2.45) is 0 Å². The first-order chi connectivity index (χ1) is 9.54. The van der Waals surface area contributed by atoms with E-state index in [2.05, 4.69) is 26.2 Å². The molecule has 0 spiro atoms. The standard InChI is InChI=1S/C13H12BrN3O2S/c1-17-11(18)5-3-8(12(17)19)15-13-16-9-6-7(14)2-4-10(9)20-13/h2,4,6,8H,3,5H2,1H3,(H,15,16). The maximum Gasteiger partial charge on any atom is 0.251 e. The van der Waals surface area contributed by atoms with Crippen LogP contribution in [0.3, 0.4) is 0 Å². The van der Waals surface area contributed by atoms with Gasteiger partial charge >= 0.3 is 0 Å². The van der Waals surface area contributed by atoms with E-state index in [0.29, 0.717) is 18.0 Å². The summed E-state index contributed by atoms with van der Waals surface area (Å²) in [5, 5.41) is 3.85. The molecule has 104 valence electrons. The van der Waals surface area contributed by atoms with E-state index in [4.69, 9.17) is 0 Å². The summed E-state index contributed by atoms with van der Waals surface area (Å²) >= 11 is 4.92. The third-order valence-electron chi connectivity index (χ3n) is 3.30. The number of anilines is 1. The second-order valence-electron chi connectivity index (χ2n) is 4.66. The highest BCUT2D eigenvalue weighted by Crippen LogP contribution is 2.29. The zero-order chi connectivity index (χ0) is 14.3. The zero-order valence-corrected chi connectivity index (χ0v) is 13.1. The molecule has 1 saturated heterocycles. The Bertz CT molecular complexity index is 700. The fraction of sp³-hybridized carbons (Fsp3) is 0.308. The van der Waals surface area contributed by atoms with Gasteiger partial charge in [-0.15, -0.1) is 0 Å². The summed E-state index contributed by atoms with van der Waals surface area (Å²) in [6, 6.07) is 5.51. The number of benzene rings is 1. The Morgan fingerprint density at radius 3 is 3.05 bits per heavy atom. The van der Waals surface area contributed by atoms with Crippen LogP contribution in [0.5, 0.6) is 0 Å². The van der Waals surface area contributed by atoms with Gasteiger partial charge in [-0.1, -0.05) is 27.3 Å². The molecule has 2 aromatic rings. The van der Waals surface area contributed by atoms with Gasteiger partial charge in [-0.05, 0) is 24.6 Å². The van der Waals surface area contributed by atoms with Crippen molar-refractivity contribution < 1.29 is 9.59 Å². The van der Waals surface area contributed by atoms with E-state index in [-0.39, 0.29) is 17.9 Å². The molecule has 1 aromatic carbocycles. The molecule has 1 unspecified atom stereocenters. The first-order valence-electron chi connectivity index (χ1n) is 6.17. The van der Waals surface area contributed by atoms with E-state index >= 15 is 0 Å². The van der Waals surface area contributed by atoms with Crippen molar-refractivity contribution in [2.45, 2.75) is 18.9 Å². The zero-order valence-electron chi connectivity index (χ0n) is 10.7. The Labute approximate surface area is 128 Å². The third kappa shape index (κ3) is 2.43. The van der Waals surface area contributed by atoms with Crippen LogP contribution in [-0.4, -0.2) is 34.8 Å². The molecule has 0 aliphatic carbocycles. The van der Waals surface area contributed by atoms with Crippen LogP contribution >= 0.6 is 27.3 Å². The minimum atomic E-state index is -0.373. The van der Waals surface area contributed by atoms with Crippen LogP contribution in [0.4, 0.5) is 5.13 Å². The number of imide groups is 1. The summed E-state index contributed by atoms with van der Waals surface area (Å²) in [5.41, 5.74) is 0.888. The lowest BCUT2D eigenvalue weighted by Crippen LogP contribution is -2.48. The van der Waals surface area contributed by atoms with Crippen LogP contribution in [0.2, 0.25) is 0 Å². The van der Waals surface area contributed by atoms with Crippen LogP contribution in [0.25, 0.3) is 10.2 Å². The molecule has 0 saturated carbocycles. The van der Waals surface area contributed by atoms with E-state index < -0.39 is 0 Å². The summed E-state index contributed by atoms with van der Waals surface area (Å²) < 4.78 is 2.03. The molecule has 1 atom stereocenters. The lowest BCUT2D eigenvalue weighted by molar-refractivity contribution is -0.146. The van der Waals surface area contributed by atoms with Gasteiger partial charge in [0.1, 0.15) is 6.04 Å². The van der Waals surface area contributed by atoms with Gasteiger partial charge in [0.25, 0.3) is 5.91 Å². The van der Waals surface area contributed by atoms with E-state index in [0.717, 1.165) is 14.7 Å². The Hall–Kier alpha value is -1.47. The Kier molecular flexibility index (Phi) is 3.47. The predicted octanol–water partition coefficient (Wildman–Crippen LogP) is 2.62. The average molecular weight is 354 g/mol. The van der Waals surface area contributed by atoms with Crippen molar-refractivity contribution >= 4 is 54.4 Å². The molecular weight excluding hydrogens is 342 g/mol. The van der Waals surface area contributed by atoms with Crippen molar-refractivity contribution in [1.29, 1.82) is 0 Å². The van der Waals surface area contributed by atoms with Crippen LogP contribution in [0.15, 0.2) is 22.7 Å². The lowest BCUT2D eigenvalue weighted by atomic mass is 10.1. The molecule has 0 bridgehead atoms. The Morgan fingerprint density at radius 1 is 1.45 bits per heavy atom. The second-order valence-corrected chi connectivity index (χ2v) is 6.60. The molecule has 1 fully saturated rings. The van der Waals surface area contributed by atoms with E-state index in [1.807, 2.05) is 18.2 Å². The van der Waals surface area contributed by atoms with Crippen LogP contribution in [0.1, 0.15) is 12.8 Å². The normalized spacial score (nSPS) is 19.7. The quantitative estimate of drug-likeness (QED) is 0.843. The summed E-state index contributed by atoms with van der Waals surface area (Å²) in [7, 11) is 1.52. The lowest BCUT2D eigenvalue weighted by Gasteiger charge is -2.27. The van der Waals surface area contributed by atoms with Gasteiger partial charge in [0.2, 0.25) is 5.91 Å². The van der Waals surface area contributed by atoms with E-state index in [9.17, 15) is 9.59 Å². The largest absolute Gasteiger partial charge is 0.350 e. The Morgan fingerprint density at radius 2 is 2.25 bits per heavy atom. The molecule has 20 heavy (non-hydrogen) atoms. The fourth-order valence-corrected chi connectivity index (χ4v) is 3.41. The highest BCUT2D eigenvalue weighted by Gasteiger charge is 2.32. The maximum atomic E-state index is 12.0. The molecule has 2 amide bonds. The Balaban J connectivity index is 1.82. The topological polar surface area (TPSA) is 62.3 Å². The summed E-state index contributed by atoms with van der Waals surface area (Å²) in [5.74, 6) is -0.317. The number of thiazole rings is 1. The monoisotopic (exact) mass is 353 g/mol. The number of piperidine rings is 1. The number of likely N-dealkylation sites (tertiary alicyclic amines) is 1. The van der Waals surface area contributed by atoms with Crippen LogP contribution in [0, 0.1) is 0 Å². The fourth-order valence-electron chi connectivity index (χ4n) is 2.16. The number of aromatic nitrogens is 1. The molecule has 1 aliphatic rings. The summed E-state index contributed by atoms with van der Waals surface area (Å²) in [6.07, 6.45) is 0.901. The molecule has 1 aliphatic heterocycles. The number of rotatable bonds is 2. The highest BCUT2D eigenvalue weighted by atomic mass is 79.9. The number of amides is 2. The molecule has 3 rings (SSSR count).